The first kappa shape index (κ1) is 16.4. The van der Waals surface area contributed by atoms with Gasteiger partial charge in [-0.1, -0.05) is 20.8 Å². The summed E-state index contributed by atoms with van der Waals surface area (Å²) in [5, 5.41) is 8.15. The molecule has 0 aliphatic carbocycles. The van der Waals surface area contributed by atoms with Crippen molar-refractivity contribution in [3.63, 3.8) is 0 Å². The van der Waals surface area contributed by atoms with Crippen LogP contribution < -0.4 is 5.32 Å². The van der Waals surface area contributed by atoms with Crippen LogP contribution in [0.5, 0.6) is 0 Å². The molecule has 1 aliphatic rings. The minimum atomic E-state index is 0.150. The Kier molecular flexibility index (Phi) is 5.04. The summed E-state index contributed by atoms with van der Waals surface area (Å²) in [4.78, 5) is 7.06. The van der Waals surface area contributed by atoms with Gasteiger partial charge in [-0.25, -0.2) is 9.67 Å². The Bertz CT molecular complexity index is 447. The summed E-state index contributed by atoms with van der Waals surface area (Å²) >= 11 is 0. The van der Waals surface area contributed by atoms with Crippen molar-refractivity contribution in [3.05, 3.63) is 12.2 Å². The van der Waals surface area contributed by atoms with Gasteiger partial charge in [0.15, 0.2) is 0 Å². The molecule has 1 aromatic rings. The predicted octanol–water partition coefficient (Wildman–Crippen LogP) is 2.43. The Hall–Kier alpha value is -0.940. The minimum absolute atomic E-state index is 0.150. The predicted molar refractivity (Wildman–Crippen MR) is 86.1 cm³/mol. The number of aryl methyl sites for hydroxylation is 1. The van der Waals surface area contributed by atoms with Gasteiger partial charge in [-0.2, -0.15) is 5.10 Å². The Labute approximate surface area is 129 Å². The average molecular weight is 293 g/mol. The largest absolute Gasteiger partial charge is 0.308 e. The van der Waals surface area contributed by atoms with E-state index in [0.29, 0.717) is 0 Å². The summed E-state index contributed by atoms with van der Waals surface area (Å²) in [6.45, 7) is 15.3. The van der Waals surface area contributed by atoms with Crippen LogP contribution in [-0.2, 0) is 13.1 Å². The molecule has 1 fully saturated rings. The highest BCUT2D eigenvalue weighted by molar-refractivity contribution is 5.02. The molecule has 0 aromatic carbocycles. The van der Waals surface area contributed by atoms with Crippen LogP contribution >= 0.6 is 0 Å². The van der Waals surface area contributed by atoms with Crippen LogP contribution in [0.4, 0.5) is 0 Å². The zero-order chi connectivity index (χ0) is 15.5. The lowest BCUT2D eigenvalue weighted by atomic mass is 9.85. The smallest absolute Gasteiger partial charge is 0.141 e. The number of hydrogen-bond donors (Lipinski definition) is 1. The van der Waals surface area contributed by atoms with E-state index in [-0.39, 0.29) is 11.1 Å². The molecule has 0 atom stereocenters. The quantitative estimate of drug-likeness (QED) is 0.875. The monoisotopic (exact) mass is 293 g/mol. The second kappa shape index (κ2) is 6.44. The maximum absolute atomic E-state index is 4.48. The van der Waals surface area contributed by atoms with Crippen molar-refractivity contribution in [3.8, 4) is 0 Å². The highest BCUT2D eigenvalue weighted by Gasteiger charge is 2.41. The van der Waals surface area contributed by atoms with Crippen molar-refractivity contribution >= 4 is 0 Å². The first-order valence-corrected chi connectivity index (χ1v) is 8.33. The molecule has 0 radical (unpaired) electrons. The topological polar surface area (TPSA) is 46.0 Å². The van der Waals surface area contributed by atoms with Crippen LogP contribution in [0.15, 0.2) is 6.33 Å². The Balaban J connectivity index is 2.16. The van der Waals surface area contributed by atoms with E-state index in [1.165, 1.54) is 0 Å². The van der Waals surface area contributed by atoms with Gasteiger partial charge in [-0.05, 0) is 33.1 Å². The van der Waals surface area contributed by atoms with Gasteiger partial charge in [0.2, 0.25) is 0 Å². The van der Waals surface area contributed by atoms with Gasteiger partial charge in [0.25, 0.3) is 0 Å². The molecule has 0 spiro atoms. The van der Waals surface area contributed by atoms with Crippen molar-refractivity contribution in [1.82, 2.24) is 25.0 Å². The third kappa shape index (κ3) is 3.46. The highest BCUT2D eigenvalue weighted by atomic mass is 15.4. The first-order chi connectivity index (χ1) is 9.96. The molecular weight excluding hydrogens is 262 g/mol. The van der Waals surface area contributed by atoms with Crippen LogP contribution in [0, 0.1) is 0 Å². The van der Waals surface area contributed by atoms with E-state index in [1.807, 2.05) is 0 Å². The zero-order valence-corrected chi connectivity index (χ0v) is 14.3. The lowest BCUT2D eigenvalue weighted by molar-refractivity contribution is 0.0133. The molecule has 0 bridgehead atoms. The lowest BCUT2D eigenvalue weighted by Crippen LogP contribution is -2.67. The number of nitrogens with one attached hydrogen (secondary N) is 1. The Morgan fingerprint density at radius 1 is 1.24 bits per heavy atom. The number of rotatable bonds is 6. The second-order valence-electron chi connectivity index (χ2n) is 6.91. The van der Waals surface area contributed by atoms with Gasteiger partial charge < -0.3 is 5.32 Å². The number of hydrogen-bond acceptors (Lipinski definition) is 4. The number of nitrogens with zero attached hydrogens (tertiary/aromatic N) is 4. The Morgan fingerprint density at radius 3 is 2.57 bits per heavy atom. The molecule has 0 amide bonds. The van der Waals surface area contributed by atoms with Crippen LogP contribution in [-0.4, -0.2) is 43.8 Å². The molecule has 120 valence electrons. The Morgan fingerprint density at radius 2 is 1.95 bits per heavy atom. The van der Waals surface area contributed by atoms with Gasteiger partial charge in [-0.15, -0.1) is 0 Å². The van der Waals surface area contributed by atoms with E-state index in [4.69, 9.17) is 0 Å². The molecule has 2 rings (SSSR count). The first-order valence-electron chi connectivity index (χ1n) is 8.33. The summed E-state index contributed by atoms with van der Waals surface area (Å²) < 4.78 is 2.05. The van der Waals surface area contributed by atoms with Crippen LogP contribution in [0.1, 0.15) is 59.7 Å². The highest BCUT2D eigenvalue weighted by Crippen LogP contribution is 2.29. The van der Waals surface area contributed by atoms with E-state index in [0.717, 1.165) is 51.3 Å². The van der Waals surface area contributed by atoms with E-state index >= 15 is 0 Å². The van der Waals surface area contributed by atoms with E-state index in [2.05, 4.69) is 59.6 Å². The third-order valence-electron chi connectivity index (χ3n) is 5.06. The van der Waals surface area contributed by atoms with E-state index in [9.17, 15) is 0 Å². The molecule has 5 nitrogen and oxygen atoms in total. The fraction of sp³-hybridized carbons (Fsp3) is 0.875. The minimum Gasteiger partial charge on any atom is -0.308 e. The maximum Gasteiger partial charge on any atom is 0.141 e. The molecule has 1 aromatic heterocycles. The number of piperazine rings is 1. The van der Waals surface area contributed by atoms with Gasteiger partial charge in [0, 0.05) is 30.7 Å². The summed E-state index contributed by atoms with van der Waals surface area (Å²) in [5.41, 5.74) is 0.391. The van der Waals surface area contributed by atoms with E-state index in [1.54, 1.807) is 6.33 Å². The molecule has 0 unspecified atom stereocenters. The number of aromatic nitrogens is 3. The lowest BCUT2D eigenvalue weighted by Gasteiger charge is -2.51. The summed E-state index contributed by atoms with van der Waals surface area (Å²) in [5.74, 6) is 1.09. The van der Waals surface area contributed by atoms with Crippen LogP contribution in [0.2, 0.25) is 0 Å². The van der Waals surface area contributed by atoms with Crippen LogP contribution in [0.3, 0.4) is 0 Å². The molecule has 21 heavy (non-hydrogen) atoms. The summed E-state index contributed by atoms with van der Waals surface area (Å²) in [6, 6.07) is 0. The molecule has 1 N–H and O–H groups in total. The fourth-order valence-electron chi connectivity index (χ4n) is 3.12. The summed E-state index contributed by atoms with van der Waals surface area (Å²) in [7, 11) is 0. The van der Waals surface area contributed by atoms with Crippen molar-refractivity contribution in [2.45, 2.75) is 78.0 Å². The fourth-order valence-corrected chi connectivity index (χ4v) is 3.12. The molecular formula is C16H31N5. The molecule has 5 heteroatoms. The molecule has 0 saturated carbocycles. The SMILES string of the molecule is CCCn1ncnc1CN1CC(CC)(CC)NCC1(C)C. The second-order valence-corrected chi connectivity index (χ2v) is 6.91. The molecule has 1 saturated heterocycles. The third-order valence-corrected chi connectivity index (χ3v) is 5.06. The maximum atomic E-state index is 4.48. The molecule has 2 heterocycles. The van der Waals surface area contributed by atoms with E-state index < -0.39 is 0 Å². The zero-order valence-electron chi connectivity index (χ0n) is 14.3. The van der Waals surface area contributed by atoms with Gasteiger partial charge in [0.1, 0.15) is 12.2 Å². The normalized spacial score (nSPS) is 21.6. The van der Waals surface area contributed by atoms with Gasteiger partial charge in [0.05, 0.1) is 6.54 Å². The van der Waals surface area contributed by atoms with Crippen molar-refractivity contribution < 1.29 is 0 Å². The van der Waals surface area contributed by atoms with Gasteiger partial charge in [-0.3, -0.25) is 4.90 Å². The average Bonchev–Trinajstić information content (AvgIpc) is 2.89. The summed E-state index contributed by atoms with van der Waals surface area (Å²) in [6.07, 6.45) is 5.11. The van der Waals surface area contributed by atoms with Gasteiger partial charge >= 0.3 is 0 Å². The standard InChI is InChI=1S/C16H31N5/c1-6-9-21-14(17-13-19-21)10-20-12-16(7-2,8-3)18-11-15(20,4)5/h13,18H,6-12H2,1-5H3. The van der Waals surface area contributed by atoms with Crippen LogP contribution in [0.25, 0.3) is 0 Å². The van der Waals surface area contributed by atoms with Crippen molar-refractivity contribution in [2.24, 2.45) is 0 Å². The molecule has 1 aliphatic heterocycles. The van der Waals surface area contributed by atoms with Crippen molar-refractivity contribution in [2.75, 3.05) is 13.1 Å². The van der Waals surface area contributed by atoms with Crippen molar-refractivity contribution in [1.29, 1.82) is 0 Å².